The van der Waals surface area contributed by atoms with Gasteiger partial charge in [0, 0.05) is 25.5 Å². The van der Waals surface area contributed by atoms with Gasteiger partial charge in [-0.3, -0.25) is 4.40 Å². The van der Waals surface area contributed by atoms with Crippen molar-refractivity contribution in [3.8, 4) is 11.5 Å². The zero-order chi connectivity index (χ0) is 19.0. The van der Waals surface area contributed by atoms with Gasteiger partial charge < -0.3 is 15.4 Å². The van der Waals surface area contributed by atoms with Gasteiger partial charge in [-0.15, -0.1) is 0 Å². The van der Waals surface area contributed by atoms with Gasteiger partial charge in [0.2, 0.25) is 0 Å². The third-order valence-corrected chi connectivity index (χ3v) is 4.12. The first kappa shape index (κ1) is 17.3. The summed E-state index contributed by atoms with van der Waals surface area (Å²) in [5, 5.41) is 12.0. The first-order chi connectivity index (χ1) is 13.0. The van der Waals surface area contributed by atoms with Gasteiger partial charge in [0.25, 0.3) is 0 Å². The summed E-state index contributed by atoms with van der Waals surface area (Å²) in [5.74, 6) is 0.879. The topological polar surface area (TPSA) is 91.1 Å². The molecule has 27 heavy (non-hydrogen) atoms. The molecule has 0 radical (unpaired) electrons. The number of nitrogens with zero attached hydrogens (tertiary/aromatic N) is 4. The minimum atomic E-state index is -4.46. The summed E-state index contributed by atoms with van der Waals surface area (Å²) < 4.78 is 41.1. The molecule has 4 rings (SSSR count). The van der Waals surface area contributed by atoms with Crippen molar-refractivity contribution in [2.45, 2.75) is 12.6 Å². The molecule has 0 atom stereocenters. The quantitative estimate of drug-likeness (QED) is 0.466. The van der Waals surface area contributed by atoms with Crippen molar-refractivity contribution in [2.75, 3.05) is 18.5 Å². The maximum absolute atomic E-state index is 13.1. The number of nitrogens with one attached hydrogen (secondary N) is 2. The van der Waals surface area contributed by atoms with E-state index in [2.05, 4.69) is 25.3 Å². The number of rotatable bonds is 5. The molecule has 0 aliphatic carbocycles. The standard InChI is InChI=1S/C17H15F3N6O/c18-17(19,20)10-2-3-12-11(8-10)25-15(21-4-1-7-27)16-24-9-13(26(12)16)14-22-5-6-23-14/h2-3,5-6,8-9,27H,1,4,7H2,(H,21,25)(H,22,23). The number of fused-ring (bicyclic) bond motifs is 3. The maximum Gasteiger partial charge on any atom is 0.416 e. The Morgan fingerprint density at radius 1 is 1.22 bits per heavy atom. The van der Waals surface area contributed by atoms with Gasteiger partial charge in [-0.05, 0) is 24.6 Å². The van der Waals surface area contributed by atoms with E-state index in [0.29, 0.717) is 41.5 Å². The van der Waals surface area contributed by atoms with Crippen LogP contribution in [-0.2, 0) is 6.18 Å². The Morgan fingerprint density at radius 3 is 2.78 bits per heavy atom. The molecule has 0 fully saturated rings. The third kappa shape index (κ3) is 3.08. The van der Waals surface area contributed by atoms with E-state index in [4.69, 9.17) is 5.11 Å². The van der Waals surface area contributed by atoms with Gasteiger partial charge in [-0.1, -0.05) is 0 Å². The summed E-state index contributed by atoms with van der Waals surface area (Å²) in [7, 11) is 0. The molecule has 0 saturated carbocycles. The summed E-state index contributed by atoms with van der Waals surface area (Å²) in [4.78, 5) is 15.9. The molecule has 140 valence electrons. The van der Waals surface area contributed by atoms with Crippen LogP contribution in [0.1, 0.15) is 12.0 Å². The van der Waals surface area contributed by atoms with Crippen molar-refractivity contribution >= 4 is 22.5 Å². The van der Waals surface area contributed by atoms with Crippen LogP contribution >= 0.6 is 0 Å². The second kappa shape index (κ2) is 6.54. The lowest BCUT2D eigenvalue weighted by molar-refractivity contribution is -0.137. The second-order valence-corrected chi connectivity index (χ2v) is 5.91. The zero-order valence-corrected chi connectivity index (χ0v) is 14.0. The number of aromatic nitrogens is 5. The lowest BCUT2D eigenvalue weighted by atomic mass is 10.2. The van der Waals surface area contributed by atoms with E-state index in [9.17, 15) is 13.2 Å². The second-order valence-electron chi connectivity index (χ2n) is 5.91. The predicted octanol–water partition coefficient (Wildman–Crippen LogP) is 3.09. The van der Waals surface area contributed by atoms with Crippen molar-refractivity contribution in [1.29, 1.82) is 0 Å². The Labute approximate surface area is 150 Å². The molecule has 0 spiro atoms. The van der Waals surface area contributed by atoms with Crippen molar-refractivity contribution in [2.24, 2.45) is 0 Å². The first-order valence-electron chi connectivity index (χ1n) is 8.22. The Morgan fingerprint density at radius 2 is 2.07 bits per heavy atom. The summed E-state index contributed by atoms with van der Waals surface area (Å²) in [6, 6.07) is 3.41. The molecule has 0 bridgehead atoms. The summed E-state index contributed by atoms with van der Waals surface area (Å²) in [5.41, 5.74) is 0.950. The number of H-pyrrole nitrogens is 1. The molecule has 3 aromatic heterocycles. The van der Waals surface area contributed by atoms with Crippen LogP contribution in [0.2, 0.25) is 0 Å². The fourth-order valence-corrected chi connectivity index (χ4v) is 2.89. The van der Waals surface area contributed by atoms with E-state index in [1.807, 2.05) is 0 Å². The summed E-state index contributed by atoms with van der Waals surface area (Å²) in [6.07, 6.45) is 0.832. The number of alkyl halides is 3. The van der Waals surface area contributed by atoms with Crippen LogP contribution in [-0.4, -0.2) is 42.6 Å². The zero-order valence-electron chi connectivity index (χ0n) is 14.0. The molecule has 0 amide bonds. The fraction of sp³-hybridized carbons (Fsp3) is 0.235. The van der Waals surface area contributed by atoms with E-state index in [1.54, 1.807) is 23.0 Å². The van der Waals surface area contributed by atoms with E-state index in [-0.39, 0.29) is 12.1 Å². The number of aromatic amines is 1. The number of aliphatic hydroxyl groups excluding tert-OH is 1. The molecule has 0 unspecified atom stereocenters. The number of halogens is 3. The normalized spacial score (nSPS) is 12.1. The number of imidazole rings is 2. The predicted molar refractivity (Wildman–Crippen MR) is 93.3 cm³/mol. The number of hydrogen-bond donors (Lipinski definition) is 3. The lowest BCUT2D eigenvalue weighted by Crippen LogP contribution is -2.09. The molecule has 4 aromatic rings. The van der Waals surface area contributed by atoms with Gasteiger partial charge in [0.05, 0.1) is 22.8 Å². The van der Waals surface area contributed by atoms with Gasteiger partial charge in [-0.25, -0.2) is 15.0 Å². The monoisotopic (exact) mass is 376 g/mol. The van der Waals surface area contributed by atoms with E-state index < -0.39 is 11.7 Å². The highest BCUT2D eigenvalue weighted by atomic mass is 19.4. The largest absolute Gasteiger partial charge is 0.416 e. The van der Waals surface area contributed by atoms with Crippen LogP contribution < -0.4 is 5.32 Å². The molecule has 10 heteroatoms. The Balaban J connectivity index is 1.98. The van der Waals surface area contributed by atoms with Crippen LogP contribution in [0.5, 0.6) is 0 Å². The summed E-state index contributed by atoms with van der Waals surface area (Å²) >= 11 is 0. The van der Waals surface area contributed by atoms with Gasteiger partial charge in [-0.2, -0.15) is 13.2 Å². The maximum atomic E-state index is 13.1. The summed E-state index contributed by atoms with van der Waals surface area (Å²) in [6.45, 7) is 0.397. The van der Waals surface area contributed by atoms with Crippen molar-refractivity contribution in [3.05, 3.63) is 42.4 Å². The number of aliphatic hydroxyl groups is 1. The smallest absolute Gasteiger partial charge is 0.396 e. The highest BCUT2D eigenvalue weighted by molar-refractivity contribution is 5.86. The molecular formula is C17H15F3N6O. The molecular weight excluding hydrogens is 361 g/mol. The average molecular weight is 376 g/mol. The molecule has 3 N–H and O–H groups in total. The van der Waals surface area contributed by atoms with E-state index in [1.165, 1.54) is 6.07 Å². The van der Waals surface area contributed by atoms with Gasteiger partial charge >= 0.3 is 6.18 Å². The molecule has 7 nitrogen and oxygen atoms in total. The fourth-order valence-electron chi connectivity index (χ4n) is 2.89. The average Bonchev–Trinajstić information content (AvgIpc) is 3.30. The molecule has 3 heterocycles. The Hall–Kier alpha value is -3.14. The molecule has 0 aliphatic heterocycles. The van der Waals surface area contributed by atoms with Gasteiger partial charge in [0.15, 0.2) is 17.3 Å². The first-order valence-corrected chi connectivity index (χ1v) is 8.22. The highest BCUT2D eigenvalue weighted by Crippen LogP contribution is 2.33. The molecule has 1 aromatic carbocycles. The van der Waals surface area contributed by atoms with Crippen LogP contribution in [0.3, 0.4) is 0 Å². The van der Waals surface area contributed by atoms with Crippen molar-refractivity contribution < 1.29 is 18.3 Å². The minimum absolute atomic E-state index is 0.0127. The minimum Gasteiger partial charge on any atom is -0.396 e. The molecule has 0 saturated heterocycles. The van der Waals surface area contributed by atoms with Crippen LogP contribution in [0.15, 0.2) is 36.8 Å². The van der Waals surface area contributed by atoms with Crippen molar-refractivity contribution in [1.82, 2.24) is 24.3 Å². The molecule has 0 aliphatic rings. The van der Waals surface area contributed by atoms with Gasteiger partial charge in [0.1, 0.15) is 5.69 Å². The van der Waals surface area contributed by atoms with Crippen molar-refractivity contribution in [3.63, 3.8) is 0 Å². The van der Waals surface area contributed by atoms with Crippen LogP contribution in [0.4, 0.5) is 19.0 Å². The van der Waals surface area contributed by atoms with Crippen LogP contribution in [0, 0.1) is 0 Å². The van der Waals surface area contributed by atoms with Crippen LogP contribution in [0.25, 0.3) is 28.2 Å². The Kier molecular flexibility index (Phi) is 4.19. The number of anilines is 1. The third-order valence-electron chi connectivity index (χ3n) is 4.12. The number of benzene rings is 1. The number of hydrogen-bond acceptors (Lipinski definition) is 5. The SMILES string of the molecule is OCCCNc1nc2cc(C(F)(F)F)ccc2n2c(-c3ncc[nH]3)cnc12. The van der Waals surface area contributed by atoms with E-state index in [0.717, 1.165) is 12.1 Å². The Bertz CT molecular complexity index is 1090. The van der Waals surface area contributed by atoms with E-state index >= 15 is 0 Å². The highest BCUT2D eigenvalue weighted by Gasteiger charge is 2.31. The lowest BCUT2D eigenvalue weighted by Gasteiger charge is -2.12.